The fourth-order valence-corrected chi connectivity index (χ4v) is 1.29. The summed E-state index contributed by atoms with van der Waals surface area (Å²) >= 11 is 0. The maximum Gasteiger partial charge on any atom is 0.224 e. The molecule has 0 radical (unpaired) electrons. The average Bonchev–Trinajstić information content (AvgIpc) is 2.24. The van der Waals surface area contributed by atoms with Crippen LogP contribution in [0.5, 0.6) is 0 Å². The largest absolute Gasteiger partial charge is 0.326 e. The number of nitrogens with one attached hydrogen (secondary N) is 1. The molecule has 1 rings (SSSR count). The predicted octanol–water partition coefficient (Wildman–Crippen LogP) is 3.68. The lowest BCUT2D eigenvalue weighted by molar-refractivity contribution is -0.116. The Kier molecular flexibility index (Phi) is 4.36. The minimum Gasteiger partial charge on any atom is -0.326 e. The first-order valence-corrected chi connectivity index (χ1v) is 5.13. The van der Waals surface area contributed by atoms with Gasteiger partial charge in [0.25, 0.3) is 0 Å². The molecule has 0 spiro atoms. The Morgan fingerprint density at radius 3 is 2.94 bits per heavy atom. The van der Waals surface area contributed by atoms with Crippen LogP contribution in [-0.2, 0) is 4.79 Å². The Hall–Kier alpha value is -2.00. The van der Waals surface area contributed by atoms with Gasteiger partial charge in [-0.15, -0.1) is 0 Å². The van der Waals surface area contributed by atoms with Gasteiger partial charge < -0.3 is 5.32 Å². The van der Waals surface area contributed by atoms with Gasteiger partial charge >= 0.3 is 0 Å². The molecule has 0 aliphatic carbocycles. The van der Waals surface area contributed by atoms with Crippen LogP contribution in [0, 0.1) is 6.92 Å². The third kappa shape index (κ3) is 3.29. The van der Waals surface area contributed by atoms with Crippen molar-refractivity contribution in [2.45, 2.75) is 26.7 Å². The minimum atomic E-state index is -0.0294. The van der Waals surface area contributed by atoms with Crippen LogP contribution < -0.4 is 5.32 Å². The Balaban J connectivity index is 2.86. The van der Waals surface area contributed by atoms with Crippen molar-refractivity contribution in [2.75, 3.05) is 5.32 Å². The zero-order valence-corrected chi connectivity index (χ0v) is 9.40. The van der Waals surface area contributed by atoms with E-state index in [4.69, 9.17) is 5.53 Å². The fraction of sp³-hybridized carbons (Fsp3) is 0.364. The van der Waals surface area contributed by atoms with Gasteiger partial charge in [0.2, 0.25) is 5.91 Å². The van der Waals surface area contributed by atoms with Gasteiger partial charge in [-0.25, -0.2) is 0 Å². The molecule has 0 atom stereocenters. The lowest BCUT2D eigenvalue weighted by Gasteiger charge is -2.06. The normalized spacial score (nSPS) is 9.38. The first-order chi connectivity index (χ1) is 7.67. The lowest BCUT2D eigenvalue weighted by Crippen LogP contribution is -2.10. The van der Waals surface area contributed by atoms with E-state index in [0.29, 0.717) is 17.8 Å². The van der Waals surface area contributed by atoms with Crippen LogP contribution in [0.3, 0.4) is 0 Å². The van der Waals surface area contributed by atoms with Gasteiger partial charge in [-0.1, -0.05) is 18.1 Å². The number of carbonyl (C=O) groups excluding carboxylic acids is 1. The predicted molar refractivity (Wildman–Crippen MR) is 63.5 cm³/mol. The topological polar surface area (TPSA) is 77.9 Å². The van der Waals surface area contributed by atoms with Crippen molar-refractivity contribution in [1.82, 2.24) is 0 Å². The highest BCUT2D eigenvalue weighted by Gasteiger charge is 2.02. The van der Waals surface area contributed by atoms with Crippen LogP contribution in [0.4, 0.5) is 11.4 Å². The quantitative estimate of drug-likeness (QED) is 0.467. The third-order valence-corrected chi connectivity index (χ3v) is 2.12. The highest BCUT2D eigenvalue weighted by atomic mass is 16.1. The summed E-state index contributed by atoms with van der Waals surface area (Å²) < 4.78 is 0. The molecule has 84 valence electrons. The third-order valence-electron chi connectivity index (χ3n) is 2.12. The summed E-state index contributed by atoms with van der Waals surface area (Å²) in [6, 6.07) is 5.27. The molecule has 0 aromatic heterocycles. The van der Waals surface area contributed by atoms with Crippen molar-refractivity contribution in [3.63, 3.8) is 0 Å². The van der Waals surface area contributed by atoms with E-state index >= 15 is 0 Å². The monoisotopic (exact) mass is 218 g/mol. The number of nitrogens with zero attached hydrogens (tertiary/aromatic N) is 3. The summed E-state index contributed by atoms with van der Waals surface area (Å²) in [6.45, 7) is 3.79. The van der Waals surface area contributed by atoms with Crippen molar-refractivity contribution in [3.8, 4) is 0 Å². The molecule has 1 aromatic rings. The Morgan fingerprint density at radius 1 is 1.56 bits per heavy atom. The molecule has 1 N–H and O–H groups in total. The molecule has 1 amide bonds. The van der Waals surface area contributed by atoms with Crippen molar-refractivity contribution in [3.05, 3.63) is 34.2 Å². The summed E-state index contributed by atoms with van der Waals surface area (Å²) in [4.78, 5) is 14.1. The first kappa shape index (κ1) is 12.1. The van der Waals surface area contributed by atoms with Gasteiger partial charge in [-0.3, -0.25) is 4.79 Å². The van der Waals surface area contributed by atoms with E-state index in [2.05, 4.69) is 15.3 Å². The molecule has 1 aromatic carbocycles. The van der Waals surface area contributed by atoms with Crippen molar-refractivity contribution >= 4 is 17.3 Å². The summed E-state index contributed by atoms with van der Waals surface area (Å²) in [5, 5.41) is 6.30. The smallest absolute Gasteiger partial charge is 0.224 e. The number of anilines is 1. The second kappa shape index (κ2) is 5.78. The molecule has 0 fully saturated rings. The number of rotatable bonds is 4. The highest BCUT2D eigenvalue weighted by Crippen LogP contribution is 2.23. The number of azide groups is 1. The average molecular weight is 218 g/mol. The fourth-order valence-electron chi connectivity index (χ4n) is 1.29. The van der Waals surface area contributed by atoms with E-state index in [9.17, 15) is 4.79 Å². The first-order valence-electron chi connectivity index (χ1n) is 5.13. The highest BCUT2D eigenvalue weighted by molar-refractivity contribution is 5.91. The van der Waals surface area contributed by atoms with Crippen LogP contribution in [0.2, 0.25) is 0 Å². The van der Waals surface area contributed by atoms with Crippen LogP contribution in [0.25, 0.3) is 10.4 Å². The number of hydrogen-bond acceptors (Lipinski definition) is 2. The molecule has 0 saturated carbocycles. The van der Waals surface area contributed by atoms with Gasteiger partial charge in [0.1, 0.15) is 0 Å². The van der Waals surface area contributed by atoms with Crippen molar-refractivity contribution in [2.24, 2.45) is 5.11 Å². The molecular weight excluding hydrogens is 204 g/mol. The van der Waals surface area contributed by atoms with Gasteiger partial charge in [0, 0.05) is 22.7 Å². The molecule has 0 unspecified atom stereocenters. The number of benzene rings is 1. The van der Waals surface area contributed by atoms with Gasteiger partial charge in [0.15, 0.2) is 0 Å². The number of amides is 1. The van der Waals surface area contributed by atoms with E-state index in [1.807, 2.05) is 19.9 Å². The Bertz CT molecular complexity index is 436. The van der Waals surface area contributed by atoms with E-state index in [-0.39, 0.29) is 5.91 Å². The molecule has 0 aliphatic rings. The summed E-state index contributed by atoms with van der Waals surface area (Å²) in [6.07, 6.45) is 1.30. The number of aryl methyl sites for hydroxylation is 1. The molecule has 0 saturated heterocycles. The second-order valence-corrected chi connectivity index (χ2v) is 3.49. The zero-order chi connectivity index (χ0) is 12.0. The zero-order valence-electron chi connectivity index (χ0n) is 9.40. The molecule has 5 heteroatoms. The van der Waals surface area contributed by atoms with Crippen LogP contribution >= 0.6 is 0 Å². The van der Waals surface area contributed by atoms with Crippen LogP contribution in [0.1, 0.15) is 25.3 Å². The van der Waals surface area contributed by atoms with Crippen LogP contribution in [0.15, 0.2) is 23.3 Å². The molecular formula is C11H14N4O. The summed E-state index contributed by atoms with van der Waals surface area (Å²) in [7, 11) is 0. The van der Waals surface area contributed by atoms with E-state index in [0.717, 1.165) is 12.0 Å². The van der Waals surface area contributed by atoms with Crippen LogP contribution in [-0.4, -0.2) is 5.91 Å². The van der Waals surface area contributed by atoms with E-state index in [1.165, 1.54) is 0 Å². The second-order valence-electron chi connectivity index (χ2n) is 3.49. The molecule has 5 nitrogen and oxygen atoms in total. The van der Waals surface area contributed by atoms with Crippen molar-refractivity contribution < 1.29 is 4.79 Å². The van der Waals surface area contributed by atoms with E-state index in [1.54, 1.807) is 12.1 Å². The lowest BCUT2D eigenvalue weighted by atomic mass is 10.2. The van der Waals surface area contributed by atoms with Crippen molar-refractivity contribution in [1.29, 1.82) is 0 Å². The summed E-state index contributed by atoms with van der Waals surface area (Å²) in [5.41, 5.74) is 10.5. The maximum atomic E-state index is 11.4. The SMILES string of the molecule is CCCC(=O)Nc1ccc(C)c(N=[N+]=[N-])c1. The summed E-state index contributed by atoms with van der Waals surface area (Å²) in [5.74, 6) is -0.0294. The van der Waals surface area contributed by atoms with E-state index < -0.39 is 0 Å². The van der Waals surface area contributed by atoms with Gasteiger partial charge in [-0.2, -0.15) is 0 Å². The Morgan fingerprint density at radius 2 is 2.31 bits per heavy atom. The van der Waals surface area contributed by atoms with Gasteiger partial charge in [0.05, 0.1) is 0 Å². The van der Waals surface area contributed by atoms with Gasteiger partial charge in [-0.05, 0) is 36.6 Å². The number of hydrogen-bond donors (Lipinski definition) is 1. The molecule has 0 aliphatic heterocycles. The molecule has 0 heterocycles. The standard InChI is InChI=1S/C11H14N4O/c1-3-4-11(16)13-9-6-5-8(2)10(7-9)14-15-12/h5-7H,3-4H2,1-2H3,(H,13,16). The number of carbonyl (C=O) groups is 1. The minimum absolute atomic E-state index is 0.0294. The molecule has 0 bridgehead atoms. The molecule has 16 heavy (non-hydrogen) atoms. The Labute approximate surface area is 94.1 Å². The maximum absolute atomic E-state index is 11.4.